The predicted octanol–water partition coefficient (Wildman–Crippen LogP) is 4.33. The summed E-state index contributed by atoms with van der Waals surface area (Å²) in [5.74, 6) is 1.63. The Balaban J connectivity index is 1.54. The van der Waals surface area contributed by atoms with E-state index < -0.39 is 0 Å². The van der Waals surface area contributed by atoms with E-state index in [9.17, 15) is 4.79 Å². The van der Waals surface area contributed by atoms with E-state index in [2.05, 4.69) is 21.6 Å². The molecular formula is C22H22N4O3S. The Morgan fingerprint density at radius 2 is 1.87 bits per heavy atom. The van der Waals surface area contributed by atoms with E-state index in [1.807, 2.05) is 60.7 Å². The number of amides is 1. The quantitative estimate of drug-likeness (QED) is 0.447. The Kier molecular flexibility index (Phi) is 5.76. The molecule has 1 N–H and O–H groups in total. The molecule has 0 saturated heterocycles. The van der Waals surface area contributed by atoms with Gasteiger partial charge in [0.05, 0.1) is 25.0 Å². The third-order valence-electron chi connectivity index (χ3n) is 4.62. The van der Waals surface area contributed by atoms with Crippen molar-refractivity contribution >= 4 is 39.9 Å². The lowest BCUT2D eigenvalue weighted by Gasteiger charge is -2.09. The summed E-state index contributed by atoms with van der Waals surface area (Å²) in [6, 6.07) is 15.3. The minimum atomic E-state index is -0.115. The van der Waals surface area contributed by atoms with E-state index in [0.29, 0.717) is 11.8 Å². The van der Waals surface area contributed by atoms with Crippen LogP contribution in [0.3, 0.4) is 0 Å². The molecule has 0 bridgehead atoms. The maximum absolute atomic E-state index is 12.4. The minimum Gasteiger partial charge on any atom is -0.497 e. The van der Waals surface area contributed by atoms with Crippen molar-refractivity contribution < 1.29 is 14.3 Å². The number of hydrogen-bond donors (Lipinski definition) is 1. The Morgan fingerprint density at radius 1 is 1.10 bits per heavy atom. The monoisotopic (exact) mass is 422 g/mol. The van der Waals surface area contributed by atoms with Crippen LogP contribution in [-0.2, 0) is 4.79 Å². The molecular weight excluding hydrogens is 400 g/mol. The van der Waals surface area contributed by atoms with Gasteiger partial charge < -0.3 is 14.8 Å². The zero-order valence-electron chi connectivity index (χ0n) is 17.0. The second-order valence-corrected chi connectivity index (χ2v) is 7.63. The smallest absolute Gasteiger partial charge is 0.234 e. The first-order valence-corrected chi connectivity index (χ1v) is 10.6. The number of carbonyl (C=O) groups is 1. The van der Waals surface area contributed by atoms with Gasteiger partial charge in [0.15, 0.2) is 10.8 Å². The van der Waals surface area contributed by atoms with Gasteiger partial charge >= 0.3 is 0 Å². The summed E-state index contributed by atoms with van der Waals surface area (Å²) >= 11 is 1.34. The molecule has 0 radical (unpaired) electrons. The molecule has 0 atom stereocenters. The standard InChI is InChI=1S/C22H22N4O3S/c1-4-29-17-9-6-16(7-10-17)23-20(27)13-30-22-25-24-21-14(2)11-15-5-8-18(28-3)12-19(15)26(21)22/h5-12H,4,13H2,1-3H3,(H,23,27). The van der Waals surface area contributed by atoms with E-state index >= 15 is 0 Å². The van der Waals surface area contributed by atoms with Crippen LogP contribution in [0.2, 0.25) is 0 Å². The van der Waals surface area contributed by atoms with E-state index in [1.54, 1.807) is 7.11 Å². The Bertz CT molecular complexity index is 1200. The third-order valence-corrected chi connectivity index (χ3v) is 5.55. The molecule has 1 amide bonds. The number of ether oxygens (including phenoxy) is 2. The average molecular weight is 423 g/mol. The Hall–Kier alpha value is -3.26. The molecule has 0 aliphatic carbocycles. The van der Waals surface area contributed by atoms with Crippen molar-refractivity contribution in [1.82, 2.24) is 14.6 Å². The SMILES string of the molecule is CCOc1ccc(NC(=O)CSc2nnc3c(C)cc4ccc(OC)cc4n23)cc1. The van der Waals surface area contributed by atoms with Crippen LogP contribution < -0.4 is 14.8 Å². The fourth-order valence-corrected chi connectivity index (χ4v) is 3.97. The van der Waals surface area contributed by atoms with Crippen LogP contribution in [0.1, 0.15) is 12.5 Å². The van der Waals surface area contributed by atoms with E-state index in [-0.39, 0.29) is 11.7 Å². The first-order chi connectivity index (χ1) is 14.6. The number of fused-ring (bicyclic) bond motifs is 3. The first kappa shape index (κ1) is 20.0. The summed E-state index contributed by atoms with van der Waals surface area (Å²) in [5.41, 5.74) is 3.45. The molecule has 0 spiro atoms. The van der Waals surface area contributed by atoms with E-state index in [1.165, 1.54) is 11.8 Å². The van der Waals surface area contributed by atoms with Gasteiger partial charge in [-0.15, -0.1) is 10.2 Å². The molecule has 7 nitrogen and oxygen atoms in total. The topological polar surface area (TPSA) is 77.8 Å². The normalized spacial score (nSPS) is 11.0. The summed E-state index contributed by atoms with van der Waals surface area (Å²) in [4.78, 5) is 12.4. The number of aromatic nitrogens is 3. The van der Waals surface area contributed by atoms with Gasteiger partial charge in [0.25, 0.3) is 0 Å². The number of hydrogen-bond acceptors (Lipinski definition) is 6. The van der Waals surface area contributed by atoms with Crippen LogP contribution in [0.5, 0.6) is 11.5 Å². The highest BCUT2D eigenvalue weighted by Gasteiger charge is 2.14. The van der Waals surface area contributed by atoms with Gasteiger partial charge in [-0.3, -0.25) is 9.20 Å². The number of nitrogens with zero attached hydrogens (tertiary/aromatic N) is 3. The fourth-order valence-electron chi connectivity index (χ4n) is 3.23. The zero-order valence-corrected chi connectivity index (χ0v) is 17.8. The summed E-state index contributed by atoms with van der Waals surface area (Å²) in [5, 5.41) is 13.2. The van der Waals surface area contributed by atoms with Gasteiger partial charge in [-0.25, -0.2) is 0 Å². The maximum Gasteiger partial charge on any atom is 0.234 e. The number of nitrogens with one attached hydrogen (secondary N) is 1. The van der Waals surface area contributed by atoms with Crippen molar-refractivity contribution in [2.45, 2.75) is 19.0 Å². The number of anilines is 1. The number of thioether (sulfide) groups is 1. The number of methoxy groups -OCH3 is 1. The molecule has 154 valence electrons. The summed E-state index contributed by atoms with van der Waals surface area (Å²) < 4.78 is 12.8. The highest BCUT2D eigenvalue weighted by molar-refractivity contribution is 7.99. The molecule has 0 fully saturated rings. The van der Waals surface area contributed by atoms with Crippen LogP contribution in [0.25, 0.3) is 16.6 Å². The lowest BCUT2D eigenvalue weighted by atomic mass is 10.1. The van der Waals surface area contributed by atoms with Crippen LogP contribution in [0, 0.1) is 6.92 Å². The minimum absolute atomic E-state index is 0.115. The molecule has 2 heterocycles. The van der Waals surface area contributed by atoms with Crippen LogP contribution in [-0.4, -0.2) is 40.0 Å². The van der Waals surface area contributed by atoms with Crippen LogP contribution >= 0.6 is 11.8 Å². The summed E-state index contributed by atoms with van der Waals surface area (Å²) in [6.45, 7) is 4.54. The van der Waals surface area contributed by atoms with Crippen molar-refractivity contribution in [2.75, 3.05) is 24.8 Å². The lowest BCUT2D eigenvalue weighted by molar-refractivity contribution is -0.113. The second-order valence-electron chi connectivity index (χ2n) is 6.69. The van der Waals surface area contributed by atoms with Gasteiger partial charge in [0, 0.05) is 11.8 Å². The number of rotatable bonds is 7. The van der Waals surface area contributed by atoms with Crippen molar-refractivity contribution in [2.24, 2.45) is 0 Å². The van der Waals surface area contributed by atoms with Crippen LogP contribution in [0.4, 0.5) is 5.69 Å². The molecule has 30 heavy (non-hydrogen) atoms. The molecule has 0 aliphatic rings. The molecule has 0 unspecified atom stereocenters. The predicted molar refractivity (Wildman–Crippen MR) is 119 cm³/mol. The van der Waals surface area contributed by atoms with Crippen molar-refractivity contribution in [3.8, 4) is 11.5 Å². The average Bonchev–Trinajstić information content (AvgIpc) is 3.19. The van der Waals surface area contributed by atoms with Crippen molar-refractivity contribution in [3.05, 3.63) is 54.1 Å². The maximum atomic E-state index is 12.4. The largest absolute Gasteiger partial charge is 0.497 e. The first-order valence-electron chi connectivity index (χ1n) is 9.57. The molecule has 4 aromatic rings. The zero-order chi connectivity index (χ0) is 21.1. The Morgan fingerprint density at radius 3 is 2.60 bits per heavy atom. The summed E-state index contributed by atoms with van der Waals surface area (Å²) in [6.07, 6.45) is 0. The van der Waals surface area contributed by atoms with Crippen LogP contribution in [0.15, 0.2) is 53.7 Å². The van der Waals surface area contributed by atoms with Gasteiger partial charge in [-0.2, -0.15) is 0 Å². The van der Waals surface area contributed by atoms with Gasteiger partial charge in [0.1, 0.15) is 11.5 Å². The summed E-state index contributed by atoms with van der Waals surface area (Å²) in [7, 11) is 1.64. The van der Waals surface area contributed by atoms with E-state index in [4.69, 9.17) is 9.47 Å². The third kappa shape index (κ3) is 4.04. The molecule has 0 aliphatic heterocycles. The van der Waals surface area contributed by atoms with E-state index in [0.717, 1.165) is 39.3 Å². The van der Waals surface area contributed by atoms with Gasteiger partial charge in [0.2, 0.25) is 5.91 Å². The number of carbonyl (C=O) groups excluding carboxylic acids is 1. The fraction of sp³-hybridized carbons (Fsp3) is 0.227. The highest BCUT2D eigenvalue weighted by Crippen LogP contribution is 2.28. The second kappa shape index (κ2) is 8.62. The highest BCUT2D eigenvalue weighted by atomic mass is 32.2. The van der Waals surface area contributed by atoms with Crippen molar-refractivity contribution in [3.63, 3.8) is 0 Å². The number of aryl methyl sites for hydroxylation is 1. The Labute approximate surface area is 178 Å². The molecule has 4 rings (SSSR count). The molecule has 2 aromatic carbocycles. The lowest BCUT2D eigenvalue weighted by Crippen LogP contribution is -2.14. The van der Waals surface area contributed by atoms with Gasteiger partial charge in [-0.1, -0.05) is 11.8 Å². The van der Waals surface area contributed by atoms with Gasteiger partial charge in [-0.05, 0) is 67.3 Å². The molecule has 8 heteroatoms. The molecule has 0 saturated carbocycles. The van der Waals surface area contributed by atoms with Crippen molar-refractivity contribution in [1.29, 1.82) is 0 Å². The number of benzene rings is 2. The molecule has 2 aromatic heterocycles. The number of pyridine rings is 1.